The Morgan fingerprint density at radius 1 is 1.47 bits per heavy atom. The van der Waals surface area contributed by atoms with E-state index in [9.17, 15) is 18.3 Å². The van der Waals surface area contributed by atoms with Crippen molar-refractivity contribution in [3.63, 3.8) is 0 Å². The molecular weight excluding hydrogens is 246 g/mol. The van der Waals surface area contributed by atoms with E-state index in [0.717, 1.165) is 6.26 Å². The zero-order chi connectivity index (χ0) is 12.6. The van der Waals surface area contributed by atoms with Gasteiger partial charge in [-0.2, -0.15) is 0 Å². The molecule has 2 rings (SSSR count). The van der Waals surface area contributed by atoms with Gasteiger partial charge in [-0.3, -0.25) is 4.98 Å². The lowest BCUT2D eigenvalue weighted by Gasteiger charge is -2.08. The maximum atomic E-state index is 11.0. The largest absolute Gasteiger partial charge is 0.417 e. The molecule has 0 saturated carbocycles. The van der Waals surface area contributed by atoms with E-state index in [-0.39, 0.29) is 5.75 Å². The van der Waals surface area contributed by atoms with Crippen LogP contribution in [0, 0.1) is 0 Å². The van der Waals surface area contributed by atoms with Gasteiger partial charge in [0.25, 0.3) is 0 Å². The van der Waals surface area contributed by atoms with Crippen molar-refractivity contribution < 1.29 is 17.9 Å². The van der Waals surface area contributed by atoms with Crippen LogP contribution in [0.4, 0.5) is 0 Å². The molecule has 2 aromatic rings. The number of hydrogen-bond donors (Lipinski definition) is 2. The van der Waals surface area contributed by atoms with Crippen LogP contribution in [0.25, 0.3) is 11.1 Å². The Hall–Kier alpha value is -1.60. The lowest BCUT2D eigenvalue weighted by Crippen LogP contribution is -2.12. The number of oxazole rings is 1. The second-order valence-electron chi connectivity index (χ2n) is 3.88. The van der Waals surface area contributed by atoms with Crippen LogP contribution < -0.4 is 5.76 Å². The predicted molar refractivity (Wildman–Crippen MR) is 61.5 cm³/mol. The van der Waals surface area contributed by atoms with Gasteiger partial charge in [0, 0.05) is 6.26 Å². The lowest BCUT2D eigenvalue weighted by molar-refractivity contribution is 0.202. The molecule has 1 aromatic heterocycles. The minimum atomic E-state index is -3.27. The first-order valence-corrected chi connectivity index (χ1v) is 6.90. The van der Waals surface area contributed by atoms with E-state index in [1.165, 1.54) is 6.07 Å². The van der Waals surface area contributed by atoms with Crippen molar-refractivity contribution in [1.29, 1.82) is 0 Å². The summed E-state index contributed by atoms with van der Waals surface area (Å²) in [7, 11) is -3.27. The highest BCUT2D eigenvalue weighted by Gasteiger charge is 2.15. The number of H-pyrrole nitrogens is 1. The summed E-state index contributed by atoms with van der Waals surface area (Å²) in [6.07, 6.45) is -0.0832. The average Bonchev–Trinajstić information content (AvgIpc) is 2.53. The second kappa shape index (κ2) is 4.01. The number of fused-ring (bicyclic) bond motifs is 1. The van der Waals surface area contributed by atoms with E-state index in [1.54, 1.807) is 12.1 Å². The fraction of sp³-hybridized carbons (Fsp3) is 0.300. The van der Waals surface area contributed by atoms with Crippen molar-refractivity contribution in [3.05, 3.63) is 34.3 Å². The molecule has 0 aliphatic rings. The Bertz CT molecular complexity index is 697. The molecule has 0 radical (unpaired) electrons. The fourth-order valence-electron chi connectivity index (χ4n) is 1.55. The van der Waals surface area contributed by atoms with Gasteiger partial charge >= 0.3 is 5.76 Å². The Balaban J connectivity index is 2.39. The Morgan fingerprint density at radius 2 is 2.18 bits per heavy atom. The van der Waals surface area contributed by atoms with Gasteiger partial charge in [-0.25, -0.2) is 13.2 Å². The van der Waals surface area contributed by atoms with Crippen molar-refractivity contribution in [1.82, 2.24) is 4.98 Å². The molecule has 1 heterocycles. The third kappa shape index (κ3) is 2.75. The number of hydrogen-bond acceptors (Lipinski definition) is 5. The summed E-state index contributed by atoms with van der Waals surface area (Å²) >= 11 is 0. The van der Waals surface area contributed by atoms with Gasteiger partial charge in [0.2, 0.25) is 0 Å². The molecule has 0 aliphatic carbocycles. The third-order valence-electron chi connectivity index (χ3n) is 2.29. The highest BCUT2D eigenvalue weighted by molar-refractivity contribution is 7.90. The van der Waals surface area contributed by atoms with Crippen LogP contribution in [0.3, 0.4) is 0 Å². The lowest BCUT2D eigenvalue weighted by atomic mass is 10.1. The average molecular weight is 257 g/mol. The molecule has 0 spiro atoms. The van der Waals surface area contributed by atoms with Crippen molar-refractivity contribution in [2.24, 2.45) is 0 Å². The summed E-state index contributed by atoms with van der Waals surface area (Å²) in [6.45, 7) is 0. The van der Waals surface area contributed by atoms with Gasteiger partial charge in [-0.1, -0.05) is 6.07 Å². The number of benzene rings is 1. The first kappa shape index (κ1) is 11.9. The summed E-state index contributed by atoms with van der Waals surface area (Å²) in [4.78, 5) is 13.4. The van der Waals surface area contributed by atoms with Crippen molar-refractivity contribution in [2.45, 2.75) is 6.10 Å². The fourth-order valence-corrected chi connectivity index (χ4v) is 2.32. The van der Waals surface area contributed by atoms with Gasteiger partial charge in [0.05, 0.1) is 17.4 Å². The minimum Gasteiger partial charge on any atom is -0.408 e. The molecular formula is C10H11NO5S. The summed E-state index contributed by atoms with van der Waals surface area (Å²) in [5.41, 5.74) is 1.19. The maximum absolute atomic E-state index is 11.0. The zero-order valence-corrected chi connectivity index (χ0v) is 9.82. The third-order valence-corrected chi connectivity index (χ3v) is 3.21. The van der Waals surface area contributed by atoms with E-state index in [4.69, 9.17) is 4.42 Å². The van der Waals surface area contributed by atoms with Gasteiger partial charge in [-0.15, -0.1) is 0 Å². The van der Waals surface area contributed by atoms with E-state index in [2.05, 4.69) is 4.98 Å². The Kier molecular flexibility index (Phi) is 2.80. The zero-order valence-electron chi connectivity index (χ0n) is 9.00. The van der Waals surface area contributed by atoms with Gasteiger partial charge in [0.1, 0.15) is 9.84 Å². The summed E-state index contributed by atoms with van der Waals surface area (Å²) < 4.78 is 26.9. The SMILES string of the molecule is CS(=O)(=O)CC(O)c1ccc2[nH]c(=O)oc2c1. The van der Waals surface area contributed by atoms with Crippen molar-refractivity contribution in [2.75, 3.05) is 12.0 Å². The molecule has 0 aliphatic heterocycles. The number of aliphatic hydroxyl groups excluding tert-OH is 1. The normalized spacial score (nSPS) is 14.0. The van der Waals surface area contributed by atoms with Crippen molar-refractivity contribution in [3.8, 4) is 0 Å². The van der Waals surface area contributed by atoms with Crippen molar-refractivity contribution >= 4 is 20.9 Å². The van der Waals surface area contributed by atoms with Crippen LogP contribution in [-0.2, 0) is 9.84 Å². The molecule has 17 heavy (non-hydrogen) atoms. The quantitative estimate of drug-likeness (QED) is 0.818. The molecule has 1 atom stereocenters. The van der Waals surface area contributed by atoms with Gasteiger partial charge < -0.3 is 9.52 Å². The number of nitrogens with one attached hydrogen (secondary N) is 1. The molecule has 0 bridgehead atoms. The van der Waals surface area contributed by atoms with Crippen LogP contribution in [-0.4, -0.2) is 30.5 Å². The first-order chi connectivity index (χ1) is 7.85. The van der Waals surface area contributed by atoms with Crippen LogP contribution in [0.2, 0.25) is 0 Å². The predicted octanol–water partition coefficient (Wildman–Crippen LogP) is 0.199. The van der Waals surface area contributed by atoms with Crippen LogP contribution in [0.15, 0.2) is 27.4 Å². The molecule has 0 amide bonds. The Morgan fingerprint density at radius 3 is 2.82 bits per heavy atom. The topological polar surface area (TPSA) is 100 Å². The van der Waals surface area contributed by atoms with Gasteiger partial charge in [0.15, 0.2) is 5.58 Å². The second-order valence-corrected chi connectivity index (χ2v) is 6.06. The highest BCUT2D eigenvalue weighted by Crippen LogP contribution is 2.19. The Labute approximate surface area is 96.8 Å². The minimum absolute atomic E-state index is 0.292. The monoisotopic (exact) mass is 257 g/mol. The van der Waals surface area contributed by atoms with E-state index < -0.39 is 21.7 Å². The maximum Gasteiger partial charge on any atom is 0.417 e. The molecule has 0 saturated heterocycles. The number of aliphatic hydroxyl groups is 1. The molecule has 92 valence electrons. The summed E-state index contributed by atoms with van der Waals surface area (Å²) in [6, 6.07) is 4.55. The first-order valence-electron chi connectivity index (χ1n) is 4.84. The van der Waals surface area contributed by atoms with E-state index >= 15 is 0 Å². The smallest absolute Gasteiger partial charge is 0.408 e. The molecule has 2 N–H and O–H groups in total. The number of sulfone groups is 1. The van der Waals surface area contributed by atoms with Gasteiger partial charge in [-0.05, 0) is 17.7 Å². The molecule has 1 unspecified atom stereocenters. The standard InChI is InChI=1S/C10H11NO5S/c1-17(14,15)5-8(12)6-2-3-7-9(4-6)16-10(13)11-7/h2-4,8,12H,5H2,1H3,(H,11,13). The number of aromatic amines is 1. The van der Waals surface area contributed by atoms with Crippen LogP contribution in [0.1, 0.15) is 11.7 Å². The summed E-state index contributed by atoms with van der Waals surface area (Å²) in [5, 5.41) is 9.71. The number of aromatic nitrogens is 1. The van der Waals surface area contributed by atoms with Crippen LogP contribution >= 0.6 is 0 Å². The highest BCUT2D eigenvalue weighted by atomic mass is 32.2. The molecule has 7 heteroatoms. The number of rotatable bonds is 3. The molecule has 1 aromatic carbocycles. The van der Waals surface area contributed by atoms with E-state index in [0.29, 0.717) is 16.7 Å². The summed E-state index contributed by atoms with van der Waals surface area (Å²) in [5.74, 6) is -0.956. The van der Waals surface area contributed by atoms with Crippen LogP contribution in [0.5, 0.6) is 0 Å². The van der Waals surface area contributed by atoms with E-state index in [1.807, 2.05) is 0 Å². The molecule has 0 fully saturated rings. The molecule has 6 nitrogen and oxygen atoms in total.